The second kappa shape index (κ2) is 8.98. The van der Waals surface area contributed by atoms with Gasteiger partial charge in [0, 0.05) is 31.1 Å². The molecule has 6 heteroatoms. The number of imidazole rings is 1. The van der Waals surface area contributed by atoms with Gasteiger partial charge in [-0.3, -0.25) is 9.59 Å². The average molecular weight is 442 g/mol. The molecule has 0 spiro atoms. The number of aromatic nitrogens is 2. The van der Waals surface area contributed by atoms with E-state index in [1.807, 2.05) is 64.1 Å². The Morgan fingerprint density at radius 3 is 2.27 bits per heavy atom. The minimum Gasteiger partial charge on any atom is -0.339 e. The molecular weight excluding hydrogens is 417 g/mol. The molecule has 3 aromatic carbocycles. The fraction of sp³-hybridized carbons (Fsp3) is 0.222. The van der Waals surface area contributed by atoms with Crippen LogP contribution in [0.4, 0.5) is 4.39 Å². The molecule has 1 aliphatic rings. The highest BCUT2D eigenvalue weighted by atomic mass is 19.1. The number of carbonyl (C=O) groups excluding carboxylic acids is 2. The third-order valence-corrected chi connectivity index (χ3v) is 6.30. The van der Waals surface area contributed by atoms with Crippen molar-refractivity contribution in [1.82, 2.24) is 14.5 Å². The summed E-state index contributed by atoms with van der Waals surface area (Å²) < 4.78 is 15.3. The van der Waals surface area contributed by atoms with Crippen molar-refractivity contribution in [3.05, 3.63) is 102 Å². The topological polar surface area (TPSA) is 55.2 Å². The van der Waals surface area contributed by atoms with Crippen molar-refractivity contribution in [3.63, 3.8) is 0 Å². The van der Waals surface area contributed by atoms with Crippen LogP contribution in [0.2, 0.25) is 0 Å². The van der Waals surface area contributed by atoms with Gasteiger partial charge in [0.2, 0.25) is 5.78 Å². The molecule has 1 saturated heterocycles. The number of hydrogen-bond acceptors (Lipinski definition) is 3. The third kappa shape index (κ3) is 4.29. The number of hydrogen-bond donors (Lipinski definition) is 0. The predicted octanol–water partition coefficient (Wildman–Crippen LogP) is 4.96. The van der Waals surface area contributed by atoms with Crippen molar-refractivity contribution in [2.75, 3.05) is 13.1 Å². The number of para-hydroxylation sites is 2. The molecule has 5 nitrogen and oxygen atoms in total. The normalized spacial score (nSPS) is 14.5. The summed E-state index contributed by atoms with van der Waals surface area (Å²) in [7, 11) is 0. The highest BCUT2D eigenvalue weighted by Crippen LogP contribution is 2.26. The van der Waals surface area contributed by atoms with Gasteiger partial charge in [-0.25, -0.2) is 9.37 Å². The first-order chi connectivity index (χ1) is 16.1. The Morgan fingerprint density at radius 2 is 1.55 bits per heavy atom. The van der Waals surface area contributed by atoms with Crippen LogP contribution in [0.25, 0.3) is 11.0 Å². The molecule has 0 saturated carbocycles. The van der Waals surface area contributed by atoms with Gasteiger partial charge in [-0.15, -0.1) is 0 Å². The highest BCUT2D eigenvalue weighted by molar-refractivity contribution is 5.98. The zero-order valence-electron chi connectivity index (χ0n) is 18.2. The van der Waals surface area contributed by atoms with E-state index in [9.17, 15) is 14.0 Å². The zero-order chi connectivity index (χ0) is 22.8. The molecule has 1 amide bonds. The number of amides is 1. The van der Waals surface area contributed by atoms with Crippen LogP contribution >= 0.6 is 0 Å². The summed E-state index contributed by atoms with van der Waals surface area (Å²) in [6.45, 7) is 1.53. The van der Waals surface area contributed by atoms with Gasteiger partial charge in [0.25, 0.3) is 5.91 Å². The number of piperidine rings is 1. The zero-order valence-corrected chi connectivity index (χ0v) is 18.2. The van der Waals surface area contributed by atoms with Crippen molar-refractivity contribution in [2.24, 2.45) is 5.92 Å². The molecule has 0 unspecified atom stereocenters. The summed E-state index contributed by atoms with van der Waals surface area (Å²) in [5, 5.41) is 0. The van der Waals surface area contributed by atoms with Crippen molar-refractivity contribution in [2.45, 2.75) is 19.4 Å². The minimum atomic E-state index is -0.289. The van der Waals surface area contributed by atoms with Crippen LogP contribution in [0, 0.1) is 11.7 Å². The Bertz CT molecular complexity index is 1290. The molecule has 166 valence electrons. The summed E-state index contributed by atoms with van der Waals surface area (Å²) in [5.74, 6) is -0.0468. The largest absolute Gasteiger partial charge is 0.339 e. The standard InChI is InChI=1S/C27H24FN3O2/c28-22-12-10-19(11-13-22)18-31-24-9-5-4-8-23(24)29-26(31)25(32)20-14-16-30(17-15-20)27(33)21-6-2-1-3-7-21/h1-13,20H,14-18H2. The van der Waals surface area contributed by atoms with Crippen LogP contribution in [-0.2, 0) is 6.54 Å². The van der Waals surface area contributed by atoms with Crippen LogP contribution < -0.4 is 0 Å². The van der Waals surface area contributed by atoms with E-state index in [0.29, 0.717) is 43.9 Å². The van der Waals surface area contributed by atoms with Crippen LogP contribution in [0.15, 0.2) is 78.9 Å². The Balaban J connectivity index is 1.36. The molecule has 5 rings (SSSR count). The van der Waals surface area contributed by atoms with E-state index in [1.54, 1.807) is 12.1 Å². The van der Waals surface area contributed by atoms with Gasteiger partial charge in [-0.05, 0) is 54.8 Å². The van der Waals surface area contributed by atoms with Crippen molar-refractivity contribution in [3.8, 4) is 0 Å². The molecule has 0 bridgehead atoms. The Morgan fingerprint density at radius 1 is 0.879 bits per heavy atom. The van der Waals surface area contributed by atoms with Gasteiger partial charge in [0.1, 0.15) is 5.82 Å². The van der Waals surface area contributed by atoms with Crippen LogP contribution in [0.1, 0.15) is 39.4 Å². The first-order valence-electron chi connectivity index (χ1n) is 11.2. The lowest BCUT2D eigenvalue weighted by molar-refractivity contribution is 0.0646. The van der Waals surface area contributed by atoms with Crippen LogP contribution in [-0.4, -0.2) is 39.2 Å². The van der Waals surface area contributed by atoms with Crippen molar-refractivity contribution >= 4 is 22.7 Å². The molecule has 1 aromatic heterocycles. The number of Topliss-reactive ketones (excluding diaryl/α,β-unsaturated/α-hetero) is 1. The van der Waals surface area contributed by atoms with Gasteiger partial charge in [0.05, 0.1) is 11.0 Å². The number of rotatable bonds is 5. The number of benzene rings is 3. The minimum absolute atomic E-state index is 0.000113. The third-order valence-electron chi connectivity index (χ3n) is 6.30. The molecule has 2 heterocycles. The van der Waals surface area contributed by atoms with Gasteiger partial charge >= 0.3 is 0 Å². The van der Waals surface area contributed by atoms with Crippen molar-refractivity contribution in [1.29, 1.82) is 0 Å². The fourth-order valence-corrected chi connectivity index (χ4v) is 4.49. The van der Waals surface area contributed by atoms with Gasteiger partial charge < -0.3 is 9.47 Å². The van der Waals surface area contributed by atoms with Crippen LogP contribution in [0.3, 0.4) is 0 Å². The molecular formula is C27H24FN3O2. The maximum absolute atomic E-state index is 13.5. The lowest BCUT2D eigenvalue weighted by Crippen LogP contribution is -2.40. The Labute approximate surface area is 191 Å². The summed E-state index contributed by atoms with van der Waals surface area (Å²) in [6.07, 6.45) is 1.22. The molecule has 1 fully saturated rings. The first-order valence-corrected chi connectivity index (χ1v) is 11.2. The lowest BCUT2D eigenvalue weighted by atomic mass is 9.91. The number of fused-ring (bicyclic) bond motifs is 1. The summed E-state index contributed by atoms with van der Waals surface area (Å²) in [4.78, 5) is 32.8. The SMILES string of the molecule is O=C(c1nc2ccccc2n1Cc1ccc(F)cc1)C1CCN(C(=O)c2ccccc2)CC1. The van der Waals surface area contributed by atoms with Gasteiger partial charge in [-0.2, -0.15) is 0 Å². The maximum Gasteiger partial charge on any atom is 0.253 e. The molecule has 4 aromatic rings. The Hall–Kier alpha value is -3.80. The molecule has 0 atom stereocenters. The smallest absolute Gasteiger partial charge is 0.253 e. The molecule has 33 heavy (non-hydrogen) atoms. The van der Waals surface area contributed by atoms with Crippen LogP contribution in [0.5, 0.6) is 0 Å². The monoisotopic (exact) mass is 441 g/mol. The van der Waals surface area contributed by atoms with Gasteiger partial charge in [-0.1, -0.05) is 42.5 Å². The summed E-state index contributed by atoms with van der Waals surface area (Å²) in [5.41, 5.74) is 3.21. The molecule has 0 radical (unpaired) electrons. The highest BCUT2D eigenvalue weighted by Gasteiger charge is 2.31. The predicted molar refractivity (Wildman–Crippen MR) is 125 cm³/mol. The van der Waals surface area contributed by atoms with Crippen molar-refractivity contribution < 1.29 is 14.0 Å². The van der Waals surface area contributed by atoms with E-state index in [2.05, 4.69) is 4.98 Å². The van der Waals surface area contributed by atoms with E-state index < -0.39 is 0 Å². The maximum atomic E-state index is 13.5. The number of nitrogens with zero attached hydrogens (tertiary/aromatic N) is 3. The molecule has 0 N–H and O–H groups in total. The van der Waals surface area contributed by atoms with E-state index in [-0.39, 0.29) is 23.4 Å². The first kappa shape index (κ1) is 21.1. The quantitative estimate of drug-likeness (QED) is 0.412. The lowest BCUT2D eigenvalue weighted by Gasteiger charge is -2.31. The summed E-state index contributed by atoms with van der Waals surface area (Å²) in [6, 6.07) is 23.2. The fourth-order valence-electron chi connectivity index (χ4n) is 4.49. The second-order valence-electron chi connectivity index (χ2n) is 8.43. The average Bonchev–Trinajstić information content (AvgIpc) is 3.23. The number of ketones is 1. The number of carbonyl (C=O) groups is 2. The molecule has 0 aliphatic carbocycles. The van der Waals surface area contributed by atoms with E-state index in [0.717, 1.165) is 16.6 Å². The van der Waals surface area contributed by atoms with E-state index in [1.165, 1.54) is 12.1 Å². The number of likely N-dealkylation sites (tertiary alicyclic amines) is 1. The van der Waals surface area contributed by atoms with Gasteiger partial charge in [0.15, 0.2) is 5.82 Å². The Kier molecular flexibility index (Phi) is 5.73. The summed E-state index contributed by atoms with van der Waals surface area (Å²) >= 11 is 0. The molecule has 1 aliphatic heterocycles. The van der Waals surface area contributed by atoms with E-state index in [4.69, 9.17) is 0 Å². The van der Waals surface area contributed by atoms with E-state index >= 15 is 0 Å². The number of halogens is 1. The second-order valence-corrected chi connectivity index (χ2v) is 8.43.